The fraction of sp³-hybridized carbons (Fsp3) is 0.438. The van der Waals surface area contributed by atoms with E-state index in [-0.39, 0.29) is 23.7 Å². The van der Waals surface area contributed by atoms with Gasteiger partial charge >= 0.3 is 11.9 Å². The van der Waals surface area contributed by atoms with Gasteiger partial charge in [0, 0.05) is 5.56 Å². The minimum atomic E-state index is -3.60. The van der Waals surface area contributed by atoms with Gasteiger partial charge in [0.1, 0.15) is 5.84 Å². The zero-order valence-electron chi connectivity index (χ0n) is 13.9. The molecule has 9 heteroatoms. The number of unbranched alkanes of at least 4 members (excludes halogenated alkanes) is 1. The number of hydrogen-bond donors (Lipinski definition) is 1. The highest BCUT2D eigenvalue weighted by atomic mass is 32.2. The van der Waals surface area contributed by atoms with Gasteiger partial charge in [-0.25, -0.2) is 13.2 Å². The number of amidine groups is 1. The van der Waals surface area contributed by atoms with Gasteiger partial charge < -0.3 is 9.47 Å². The molecule has 0 amide bonds. The summed E-state index contributed by atoms with van der Waals surface area (Å²) in [5.41, 5.74) is 0.468. The second-order valence-corrected chi connectivity index (χ2v) is 6.97. The first-order valence-corrected chi connectivity index (χ1v) is 9.40. The highest BCUT2D eigenvalue weighted by Gasteiger charge is 2.29. The van der Waals surface area contributed by atoms with Gasteiger partial charge in [0.2, 0.25) is 0 Å². The lowest BCUT2D eigenvalue weighted by atomic mass is 10.2. The molecule has 25 heavy (non-hydrogen) atoms. The highest BCUT2D eigenvalue weighted by Crippen LogP contribution is 2.22. The third-order valence-corrected chi connectivity index (χ3v) is 4.76. The molecule has 1 N–H and O–H groups in total. The molecule has 0 saturated heterocycles. The van der Waals surface area contributed by atoms with Gasteiger partial charge in [-0.2, -0.15) is 0 Å². The van der Waals surface area contributed by atoms with Crippen molar-refractivity contribution < 1.29 is 27.5 Å². The van der Waals surface area contributed by atoms with E-state index < -0.39 is 28.6 Å². The van der Waals surface area contributed by atoms with Crippen molar-refractivity contribution >= 4 is 27.8 Å². The van der Waals surface area contributed by atoms with E-state index in [2.05, 4.69) is 9.71 Å². The Labute approximate surface area is 146 Å². The van der Waals surface area contributed by atoms with E-state index in [0.717, 1.165) is 12.8 Å². The summed E-state index contributed by atoms with van der Waals surface area (Å²) < 4.78 is 35.8. The van der Waals surface area contributed by atoms with Crippen molar-refractivity contribution in [2.24, 2.45) is 4.99 Å². The lowest BCUT2D eigenvalue weighted by Gasteiger charge is -2.05. The van der Waals surface area contributed by atoms with Crippen molar-refractivity contribution in [3.8, 4) is 0 Å². The molecule has 0 aliphatic carbocycles. The first-order valence-electron chi connectivity index (χ1n) is 7.92. The Kier molecular flexibility index (Phi) is 6.51. The Morgan fingerprint density at radius 2 is 1.92 bits per heavy atom. The average Bonchev–Trinajstić information content (AvgIpc) is 2.84. The van der Waals surface area contributed by atoms with E-state index in [0.29, 0.717) is 12.2 Å². The van der Waals surface area contributed by atoms with Gasteiger partial charge in [-0.1, -0.05) is 25.5 Å². The fourth-order valence-corrected chi connectivity index (χ4v) is 3.34. The number of esters is 2. The molecule has 8 nitrogen and oxygen atoms in total. The predicted molar refractivity (Wildman–Crippen MR) is 89.6 cm³/mol. The van der Waals surface area contributed by atoms with E-state index in [1.807, 2.05) is 6.92 Å². The molecule has 1 aromatic rings. The summed E-state index contributed by atoms with van der Waals surface area (Å²) in [6, 6.07) is 6.45. The summed E-state index contributed by atoms with van der Waals surface area (Å²) in [6.45, 7) is 1.88. The summed E-state index contributed by atoms with van der Waals surface area (Å²) in [5.74, 6) is -1.00. The molecule has 1 heterocycles. The van der Waals surface area contributed by atoms with Crippen LogP contribution in [-0.4, -0.2) is 46.0 Å². The van der Waals surface area contributed by atoms with E-state index in [1.54, 1.807) is 18.2 Å². The monoisotopic (exact) mass is 368 g/mol. The number of ether oxygens (including phenoxy) is 2. The SMILES string of the molecule is CCCCOC(=O)COC(=O)CCN=C1NS(=O)(=O)c2ccccc21. The first kappa shape index (κ1) is 18.9. The molecule has 0 unspecified atom stereocenters. The molecule has 0 aromatic heterocycles. The molecule has 0 atom stereocenters. The number of carbonyl (C=O) groups excluding carboxylic acids is 2. The lowest BCUT2D eigenvalue weighted by molar-refractivity contribution is -0.158. The predicted octanol–water partition coefficient (Wildman–Crippen LogP) is 1.00. The summed E-state index contributed by atoms with van der Waals surface area (Å²) in [4.78, 5) is 27.2. The number of sulfonamides is 1. The molecule has 0 spiro atoms. The average molecular weight is 368 g/mol. The van der Waals surface area contributed by atoms with Crippen LogP contribution in [0.1, 0.15) is 31.7 Å². The molecule has 1 aliphatic heterocycles. The fourth-order valence-electron chi connectivity index (χ4n) is 2.09. The maximum Gasteiger partial charge on any atom is 0.344 e. The van der Waals surface area contributed by atoms with Gasteiger partial charge in [0.25, 0.3) is 10.0 Å². The van der Waals surface area contributed by atoms with Crippen LogP contribution in [0.4, 0.5) is 0 Å². The molecule has 0 radical (unpaired) electrons. The highest BCUT2D eigenvalue weighted by molar-refractivity contribution is 7.90. The molecule has 1 aliphatic rings. The minimum absolute atomic E-state index is 0.0376. The molecular weight excluding hydrogens is 348 g/mol. The van der Waals surface area contributed by atoms with Crippen molar-refractivity contribution in [1.29, 1.82) is 0 Å². The Bertz CT molecular complexity index is 773. The van der Waals surface area contributed by atoms with Gasteiger partial charge in [-0.3, -0.25) is 14.5 Å². The smallest absolute Gasteiger partial charge is 0.344 e. The maximum atomic E-state index is 11.9. The maximum absolute atomic E-state index is 11.9. The number of nitrogens with one attached hydrogen (secondary N) is 1. The Morgan fingerprint density at radius 3 is 2.68 bits per heavy atom. The van der Waals surface area contributed by atoms with Crippen LogP contribution >= 0.6 is 0 Å². The molecule has 0 bridgehead atoms. The van der Waals surface area contributed by atoms with Crippen molar-refractivity contribution in [3.05, 3.63) is 29.8 Å². The summed E-state index contributed by atoms with van der Waals surface area (Å²) >= 11 is 0. The number of hydrogen-bond acceptors (Lipinski definition) is 7. The second-order valence-electron chi connectivity index (χ2n) is 5.32. The Hall–Kier alpha value is -2.42. The number of nitrogens with zero attached hydrogens (tertiary/aromatic N) is 1. The Morgan fingerprint density at radius 1 is 1.16 bits per heavy atom. The summed E-state index contributed by atoms with van der Waals surface area (Å²) in [6.07, 6.45) is 1.59. The molecule has 1 aromatic carbocycles. The molecule has 0 fully saturated rings. The Balaban J connectivity index is 1.80. The molecule has 136 valence electrons. The van der Waals surface area contributed by atoms with Crippen molar-refractivity contribution in [2.75, 3.05) is 19.8 Å². The van der Waals surface area contributed by atoms with Crippen LogP contribution in [-0.2, 0) is 29.1 Å². The van der Waals surface area contributed by atoms with Gasteiger partial charge in [-0.15, -0.1) is 0 Å². The van der Waals surface area contributed by atoms with E-state index in [1.165, 1.54) is 6.07 Å². The van der Waals surface area contributed by atoms with E-state index in [9.17, 15) is 18.0 Å². The number of aliphatic imine (C=N–C) groups is 1. The summed E-state index contributed by atoms with van der Waals surface area (Å²) in [7, 11) is -3.60. The van der Waals surface area contributed by atoms with Crippen LogP contribution in [0.25, 0.3) is 0 Å². The number of fused-ring (bicyclic) bond motifs is 1. The first-order chi connectivity index (χ1) is 11.9. The second kappa shape index (κ2) is 8.61. The standard InChI is InChI=1S/C16H20N2O6S/c1-2-3-10-23-15(20)11-24-14(19)8-9-17-16-12-6-4-5-7-13(12)25(21,22)18-16/h4-7H,2-3,8-11H2,1H3,(H,17,18). The van der Waals surface area contributed by atoms with Gasteiger partial charge in [0.15, 0.2) is 6.61 Å². The molecule has 0 saturated carbocycles. The number of carbonyl (C=O) groups is 2. The lowest BCUT2D eigenvalue weighted by Crippen LogP contribution is -2.23. The van der Waals surface area contributed by atoms with Crippen LogP contribution < -0.4 is 4.72 Å². The quantitative estimate of drug-likeness (QED) is 0.541. The zero-order chi connectivity index (χ0) is 18.3. The third kappa shape index (κ3) is 5.28. The summed E-state index contributed by atoms with van der Waals surface area (Å²) in [5, 5.41) is 0. The van der Waals surface area contributed by atoms with Crippen LogP contribution in [0.5, 0.6) is 0 Å². The zero-order valence-corrected chi connectivity index (χ0v) is 14.7. The number of rotatable bonds is 8. The van der Waals surface area contributed by atoms with E-state index >= 15 is 0 Å². The van der Waals surface area contributed by atoms with Crippen LogP contribution in [0.3, 0.4) is 0 Å². The van der Waals surface area contributed by atoms with Gasteiger partial charge in [0.05, 0.1) is 24.5 Å². The normalized spacial score (nSPS) is 16.1. The van der Waals surface area contributed by atoms with Crippen LogP contribution in [0.2, 0.25) is 0 Å². The van der Waals surface area contributed by atoms with Crippen molar-refractivity contribution in [1.82, 2.24) is 4.72 Å². The van der Waals surface area contributed by atoms with Crippen LogP contribution in [0.15, 0.2) is 34.2 Å². The number of benzene rings is 1. The topological polar surface area (TPSA) is 111 Å². The molecule has 2 rings (SSSR count). The van der Waals surface area contributed by atoms with Gasteiger partial charge in [-0.05, 0) is 18.6 Å². The largest absolute Gasteiger partial charge is 0.463 e. The third-order valence-electron chi connectivity index (χ3n) is 3.36. The van der Waals surface area contributed by atoms with Crippen molar-refractivity contribution in [2.45, 2.75) is 31.1 Å². The van der Waals surface area contributed by atoms with E-state index in [4.69, 9.17) is 9.47 Å². The van der Waals surface area contributed by atoms with Crippen molar-refractivity contribution in [3.63, 3.8) is 0 Å². The van der Waals surface area contributed by atoms with Crippen LogP contribution in [0, 0.1) is 0 Å². The minimum Gasteiger partial charge on any atom is -0.463 e. The molecular formula is C16H20N2O6S.